The lowest BCUT2D eigenvalue weighted by atomic mass is 10.2. The van der Waals surface area contributed by atoms with Gasteiger partial charge < -0.3 is 0 Å². The summed E-state index contributed by atoms with van der Waals surface area (Å²) in [6.07, 6.45) is 4.41. The Balaban J connectivity index is 2.09. The van der Waals surface area contributed by atoms with Crippen LogP contribution < -0.4 is 5.69 Å². The third kappa shape index (κ3) is 3.14. The van der Waals surface area contributed by atoms with Crippen LogP contribution in [0.5, 0.6) is 0 Å². The van der Waals surface area contributed by atoms with Crippen molar-refractivity contribution in [1.29, 1.82) is 0 Å². The molecule has 0 atom stereocenters. The van der Waals surface area contributed by atoms with E-state index in [9.17, 15) is 9.59 Å². The molecule has 1 aliphatic rings. The van der Waals surface area contributed by atoms with Gasteiger partial charge in [0, 0.05) is 21.6 Å². The van der Waals surface area contributed by atoms with Crippen LogP contribution in [0.25, 0.3) is 5.69 Å². The Morgan fingerprint density at radius 2 is 2.00 bits per heavy atom. The van der Waals surface area contributed by atoms with Gasteiger partial charge in [0.25, 0.3) is 0 Å². The third-order valence-corrected chi connectivity index (χ3v) is 5.95. The van der Waals surface area contributed by atoms with Crippen LogP contribution in [0.3, 0.4) is 0 Å². The number of thioether (sulfide) groups is 1. The number of halogens is 1. The molecule has 6 heteroatoms. The topological polar surface area (TPSA) is 44.0 Å². The largest absolute Gasteiger partial charge is 0.333 e. The minimum atomic E-state index is -0.0987. The molecule has 2 heterocycles. The van der Waals surface area contributed by atoms with Crippen molar-refractivity contribution in [2.75, 3.05) is 5.75 Å². The molecule has 2 aromatic rings. The fourth-order valence-electron chi connectivity index (χ4n) is 3.16. The standard InChI is InChI=1S/C18H21BrN2O2S/c1-3-4-5-6-9-20-12(2)17-15(22)11-24-16-10-13(19)7-8-14(16)21(17)18(20)23/h7-8,10H,3-6,9,11H2,1-2H3. The van der Waals surface area contributed by atoms with Gasteiger partial charge in [0.2, 0.25) is 0 Å². The molecule has 3 rings (SSSR count). The lowest BCUT2D eigenvalue weighted by Crippen LogP contribution is -2.25. The first-order valence-electron chi connectivity index (χ1n) is 8.32. The van der Waals surface area contributed by atoms with E-state index in [0.717, 1.165) is 40.0 Å². The van der Waals surface area contributed by atoms with Gasteiger partial charge in [0.15, 0.2) is 5.78 Å². The molecule has 0 spiro atoms. The summed E-state index contributed by atoms with van der Waals surface area (Å²) in [7, 11) is 0. The SMILES string of the molecule is CCCCCCn1c(C)c2n(c1=O)-c1ccc(Br)cc1SCC2=O. The minimum absolute atomic E-state index is 0.0224. The summed E-state index contributed by atoms with van der Waals surface area (Å²) in [4.78, 5) is 26.6. The maximum Gasteiger partial charge on any atom is 0.333 e. The highest BCUT2D eigenvalue weighted by atomic mass is 79.9. The second-order valence-electron chi connectivity index (χ2n) is 6.09. The second-order valence-corrected chi connectivity index (χ2v) is 8.02. The van der Waals surface area contributed by atoms with Crippen LogP contribution in [0, 0.1) is 6.92 Å². The van der Waals surface area contributed by atoms with Gasteiger partial charge in [-0.2, -0.15) is 0 Å². The number of ketones is 1. The first-order chi connectivity index (χ1) is 11.5. The molecule has 1 aromatic carbocycles. The van der Waals surface area contributed by atoms with Crippen LogP contribution >= 0.6 is 27.7 Å². The summed E-state index contributed by atoms with van der Waals surface area (Å²) in [6.45, 7) is 4.74. The summed E-state index contributed by atoms with van der Waals surface area (Å²) in [6, 6.07) is 5.80. The van der Waals surface area contributed by atoms with Gasteiger partial charge in [-0.1, -0.05) is 42.1 Å². The first kappa shape index (κ1) is 17.5. The molecule has 0 aliphatic carbocycles. The van der Waals surface area contributed by atoms with Crippen LogP contribution in [0.2, 0.25) is 0 Å². The van der Waals surface area contributed by atoms with Crippen LogP contribution in [0.4, 0.5) is 0 Å². The maximum atomic E-state index is 13.0. The van der Waals surface area contributed by atoms with Crippen molar-refractivity contribution in [3.63, 3.8) is 0 Å². The molecule has 0 radical (unpaired) electrons. The zero-order valence-electron chi connectivity index (χ0n) is 14.0. The molecular weight excluding hydrogens is 388 g/mol. The quantitative estimate of drug-likeness (QED) is 0.679. The summed E-state index contributed by atoms with van der Waals surface area (Å²) in [5, 5.41) is 0. The Bertz CT molecular complexity index is 838. The number of aromatic nitrogens is 2. The van der Waals surface area contributed by atoms with E-state index >= 15 is 0 Å². The van der Waals surface area contributed by atoms with Gasteiger partial charge in [-0.15, -0.1) is 11.8 Å². The zero-order chi connectivity index (χ0) is 17.3. The summed E-state index contributed by atoms with van der Waals surface area (Å²) in [5.41, 5.74) is 2.05. The van der Waals surface area contributed by atoms with E-state index in [2.05, 4.69) is 22.9 Å². The van der Waals surface area contributed by atoms with Crippen molar-refractivity contribution in [3.05, 3.63) is 44.5 Å². The highest BCUT2D eigenvalue weighted by Crippen LogP contribution is 2.33. The van der Waals surface area contributed by atoms with Gasteiger partial charge in [-0.25, -0.2) is 4.79 Å². The number of Topliss-reactive ketones (excluding diaryl/α,β-unsaturated/α-hetero) is 1. The molecule has 0 unspecified atom stereocenters. The molecular formula is C18H21BrN2O2S. The predicted octanol–water partition coefficient (Wildman–Crippen LogP) is 4.58. The van der Waals surface area contributed by atoms with E-state index in [1.165, 1.54) is 18.2 Å². The van der Waals surface area contributed by atoms with Crippen molar-refractivity contribution in [2.24, 2.45) is 0 Å². The minimum Gasteiger partial charge on any atom is -0.296 e. The van der Waals surface area contributed by atoms with Gasteiger partial charge >= 0.3 is 5.69 Å². The average Bonchev–Trinajstić information content (AvgIpc) is 2.71. The summed E-state index contributed by atoms with van der Waals surface area (Å²) in [5.74, 6) is 0.387. The lowest BCUT2D eigenvalue weighted by Gasteiger charge is -2.07. The van der Waals surface area contributed by atoms with Crippen LogP contribution in [0.1, 0.15) is 48.8 Å². The number of unbranched alkanes of at least 4 members (excludes halogenated alkanes) is 3. The number of carbonyl (C=O) groups is 1. The number of hydrogen-bond acceptors (Lipinski definition) is 3. The number of fused-ring (bicyclic) bond motifs is 3. The average molecular weight is 409 g/mol. The number of carbonyl (C=O) groups excluding carboxylic acids is 1. The van der Waals surface area contributed by atoms with E-state index in [-0.39, 0.29) is 11.5 Å². The Kier molecular flexibility index (Phi) is 5.35. The van der Waals surface area contributed by atoms with Crippen molar-refractivity contribution in [1.82, 2.24) is 9.13 Å². The van der Waals surface area contributed by atoms with Crippen molar-refractivity contribution >= 4 is 33.5 Å². The molecule has 24 heavy (non-hydrogen) atoms. The van der Waals surface area contributed by atoms with E-state index in [1.54, 1.807) is 9.13 Å². The highest BCUT2D eigenvalue weighted by Gasteiger charge is 2.27. The van der Waals surface area contributed by atoms with E-state index < -0.39 is 0 Å². The molecule has 0 amide bonds. The predicted molar refractivity (Wildman–Crippen MR) is 102 cm³/mol. The number of nitrogens with zero attached hydrogens (tertiary/aromatic N) is 2. The van der Waals surface area contributed by atoms with Gasteiger partial charge in [0.1, 0.15) is 5.69 Å². The Morgan fingerprint density at radius 1 is 1.21 bits per heavy atom. The van der Waals surface area contributed by atoms with Crippen molar-refractivity contribution in [3.8, 4) is 5.69 Å². The van der Waals surface area contributed by atoms with Crippen molar-refractivity contribution in [2.45, 2.75) is 51.0 Å². The fraction of sp³-hybridized carbons (Fsp3) is 0.444. The summed E-state index contributed by atoms with van der Waals surface area (Å²) >= 11 is 4.96. The molecule has 4 nitrogen and oxygen atoms in total. The maximum absolute atomic E-state index is 13.0. The Hall–Kier alpha value is -1.27. The molecule has 0 fully saturated rings. The molecule has 1 aromatic heterocycles. The number of imidazole rings is 1. The Labute approximate surface area is 154 Å². The van der Waals surface area contributed by atoms with E-state index in [4.69, 9.17) is 0 Å². The van der Waals surface area contributed by atoms with E-state index in [0.29, 0.717) is 18.0 Å². The van der Waals surface area contributed by atoms with E-state index in [1.807, 2.05) is 25.1 Å². The number of rotatable bonds is 5. The van der Waals surface area contributed by atoms with Crippen molar-refractivity contribution < 1.29 is 4.79 Å². The van der Waals surface area contributed by atoms with Gasteiger partial charge in [0.05, 0.1) is 11.4 Å². The van der Waals surface area contributed by atoms with Gasteiger partial charge in [-0.3, -0.25) is 13.9 Å². The smallest absolute Gasteiger partial charge is 0.296 e. The number of hydrogen-bond donors (Lipinski definition) is 0. The third-order valence-electron chi connectivity index (χ3n) is 4.41. The first-order valence-corrected chi connectivity index (χ1v) is 10.1. The number of benzene rings is 1. The second kappa shape index (κ2) is 7.31. The van der Waals surface area contributed by atoms with Crippen LogP contribution in [0.15, 0.2) is 32.4 Å². The van der Waals surface area contributed by atoms with Gasteiger partial charge in [-0.05, 0) is 31.5 Å². The highest BCUT2D eigenvalue weighted by molar-refractivity contribution is 9.10. The summed E-state index contributed by atoms with van der Waals surface area (Å²) < 4.78 is 4.33. The molecule has 0 N–H and O–H groups in total. The Morgan fingerprint density at radius 3 is 2.75 bits per heavy atom. The fourth-order valence-corrected chi connectivity index (χ4v) is 4.61. The molecule has 0 saturated carbocycles. The molecule has 0 saturated heterocycles. The molecule has 0 bridgehead atoms. The van der Waals surface area contributed by atoms with Crippen LogP contribution in [-0.4, -0.2) is 20.7 Å². The normalized spacial score (nSPS) is 13.5. The van der Waals surface area contributed by atoms with Crippen LogP contribution in [-0.2, 0) is 6.54 Å². The zero-order valence-corrected chi connectivity index (χ0v) is 16.4. The molecule has 1 aliphatic heterocycles. The molecule has 128 valence electrons. The lowest BCUT2D eigenvalue weighted by molar-refractivity contribution is 0.101. The monoisotopic (exact) mass is 408 g/mol.